The van der Waals surface area contributed by atoms with Gasteiger partial charge in [-0.1, -0.05) is 5.92 Å². The van der Waals surface area contributed by atoms with E-state index in [1.807, 2.05) is 0 Å². The standard InChI is InChI=1S/C12H12O2/c1-4-5-6-10-9(3)12(14)8(2)7-11(10)13/h1,5-7,13-14H,2-3H3/b6-5-. The van der Waals surface area contributed by atoms with Gasteiger partial charge in [0, 0.05) is 11.1 Å². The van der Waals surface area contributed by atoms with Gasteiger partial charge in [0.25, 0.3) is 0 Å². The largest absolute Gasteiger partial charge is 0.507 e. The van der Waals surface area contributed by atoms with Gasteiger partial charge in [-0.05, 0) is 37.6 Å². The molecular formula is C12H12O2. The van der Waals surface area contributed by atoms with Crippen molar-refractivity contribution in [2.75, 3.05) is 0 Å². The Morgan fingerprint density at radius 3 is 2.57 bits per heavy atom. The summed E-state index contributed by atoms with van der Waals surface area (Å²) >= 11 is 0. The smallest absolute Gasteiger partial charge is 0.123 e. The molecule has 2 N–H and O–H groups in total. The van der Waals surface area contributed by atoms with Gasteiger partial charge < -0.3 is 10.2 Å². The first-order valence-corrected chi connectivity index (χ1v) is 4.22. The molecule has 0 radical (unpaired) electrons. The van der Waals surface area contributed by atoms with E-state index in [2.05, 4.69) is 5.92 Å². The lowest BCUT2D eigenvalue weighted by atomic mass is 10.0. The SMILES string of the molecule is C#C/C=C\c1c(O)cc(C)c(O)c1C. The third-order valence-corrected chi connectivity index (χ3v) is 2.11. The van der Waals surface area contributed by atoms with Crippen molar-refractivity contribution >= 4 is 6.08 Å². The maximum atomic E-state index is 9.61. The highest BCUT2D eigenvalue weighted by atomic mass is 16.3. The lowest BCUT2D eigenvalue weighted by Gasteiger charge is -2.08. The average molecular weight is 188 g/mol. The number of terminal acetylenes is 1. The summed E-state index contributed by atoms with van der Waals surface area (Å²) in [6.07, 6.45) is 8.15. The van der Waals surface area contributed by atoms with Gasteiger partial charge in [0.05, 0.1) is 0 Å². The number of hydrogen-bond acceptors (Lipinski definition) is 2. The number of aryl methyl sites for hydroxylation is 1. The van der Waals surface area contributed by atoms with Crippen molar-refractivity contribution in [3.8, 4) is 23.8 Å². The van der Waals surface area contributed by atoms with Crippen LogP contribution in [-0.4, -0.2) is 10.2 Å². The van der Waals surface area contributed by atoms with E-state index in [9.17, 15) is 10.2 Å². The minimum absolute atomic E-state index is 0.129. The molecule has 0 fully saturated rings. The van der Waals surface area contributed by atoms with Crippen LogP contribution >= 0.6 is 0 Å². The number of hydrogen-bond donors (Lipinski definition) is 2. The van der Waals surface area contributed by atoms with Crippen molar-refractivity contribution in [3.05, 3.63) is 28.8 Å². The Balaban J connectivity index is 3.38. The molecule has 0 atom stereocenters. The van der Waals surface area contributed by atoms with Gasteiger partial charge >= 0.3 is 0 Å². The van der Waals surface area contributed by atoms with Crippen LogP contribution in [0.15, 0.2) is 12.1 Å². The monoisotopic (exact) mass is 188 g/mol. The minimum Gasteiger partial charge on any atom is -0.507 e. The topological polar surface area (TPSA) is 40.5 Å². The first kappa shape index (κ1) is 10.2. The van der Waals surface area contributed by atoms with E-state index in [0.29, 0.717) is 16.7 Å². The van der Waals surface area contributed by atoms with Gasteiger partial charge in [0.2, 0.25) is 0 Å². The van der Waals surface area contributed by atoms with Gasteiger partial charge in [0.1, 0.15) is 11.5 Å². The van der Waals surface area contributed by atoms with Crippen LogP contribution in [0.25, 0.3) is 6.08 Å². The number of benzene rings is 1. The predicted octanol–water partition coefficient (Wildman–Crippen LogP) is 2.36. The van der Waals surface area contributed by atoms with Crippen LogP contribution in [0.1, 0.15) is 16.7 Å². The lowest BCUT2D eigenvalue weighted by molar-refractivity contribution is 0.452. The molecule has 0 amide bonds. The highest BCUT2D eigenvalue weighted by molar-refractivity contribution is 5.66. The molecular weight excluding hydrogens is 176 g/mol. The number of phenolic OH excluding ortho intramolecular Hbond substituents is 2. The van der Waals surface area contributed by atoms with E-state index in [1.54, 1.807) is 19.9 Å². The molecule has 0 aromatic heterocycles. The molecule has 2 heteroatoms. The second kappa shape index (κ2) is 3.89. The summed E-state index contributed by atoms with van der Waals surface area (Å²) in [6, 6.07) is 1.51. The fourth-order valence-corrected chi connectivity index (χ4v) is 1.31. The van der Waals surface area contributed by atoms with Crippen molar-refractivity contribution in [3.63, 3.8) is 0 Å². The molecule has 0 heterocycles. The zero-order valence-electron chi connectivity index (χ0n) is 8.20. The molecule has 0 saturated carbocycles. The highest BCUT2D eigenvalue weighted by Crippen LogP contribution is 2.32. The molecule has 0 saturated heterocycles. The lowest BCUT2D eigenvalue weighted by Crippen LogP contribution is -1.86. The van der Waals surface area contributed by atoms with Gasteiger partial charge in [-0.3, -0.25) is 0 Å². The molecule has 1 rings (SSSR count). The van der Waals surface area contributed by atoms with Crippen LogP contribution < -0.4 is 0 Å². The summed E-state index contributed by atoms with van der Waals surface area (Å²) in [6.45, 7) is 3.47. The van der Waals surface area contributed by atoms with Gasteiger partial charge in [-0.25, -0.2) is 0 Å². The Morgan fingerprint density at radius 2 is 2.00 bits per heavy atom. The summed E-state index contributed by atoms with van der Waals surface area (Å²) in [4.78, 5) is 0. The Labute approximate surface area is 83.5 Å². The second-order valence-electron chi connectivity index (χ2n) is 3.10. The number of phenols is 2. The van der Waals surface area contributed by atoms with Gasteiger partial charge in [-0.2, -0.15) is 0 Å². The zero-order chi connectivity index (χ0) is 10.7. The van der Waals surface area contributed by atoms with Gasteiger partial charge in [0.15, 0.2) is 0 Å². The van der Waals surface area contributed by atoms with Crippen molar-refractivity contribution in [1.82, 2.24) is 0 Å². The summed E-state index contributed by atoms with van der Waals surface area (Å²) in [5, 5.41) is 19.2. The third-order valence-electron chi connectivity index (χ3n) is 2.11. The van der Waals surface area contributed by atoms with E-state index in [4.69, 9.17) is 6.42 Å². The van der Waals surface area contributed by atoms with Crippen molar-refractivity contribution < 1.29 is 10.2 Å². The molecule has 1 aromatic rings. The normalized spacial score (nSPS) is 10.4. The van der Waals surface area contributed by atoms with Crippen LogP contribution in [0.2, 0.25) is 0 Å². The quantitative estimate of drug-likeness (QED) is 0.524. The first-order chi connectivity index (χ1) is 6.57. The Kier molecular flexibility index (Phi) is 2.83. The third kappa shape index (κ3) is 1.72. The molecule has 0 bridgehead atoms. The molecule has 0 spiro atoms. The van der Waals surface area contributed by atoms with E-state index >= 15 is 0 Å². The second-order valence-corrected chi connectivity index (χ2v) is 3.10. The maximum Gasteiger partial charge on any atom is 0.123 e. The number of rotatable bonds is 1. The van der Waals surface area contributed by atoms with Crippen molar-refractivity contribution in [2.45, 2.75) is 13.8 Å². The first-order valence-electron chi connectivity index (χ1n) is 4.22. The average Bonchev–Trinajstić information content (AvgIpc) is 2.14. The van der Waals surface area contributed by atoms with Crippen LogP contribution in [0.4, 0.5) is 0 Å². The highest BCUT2D eigenvalue weighted by Gasteiger charge is 2.09. The maximum absolute atomic E-state index is 9.61. The van der Waals surface area contributed by atoms with Crippen LogP contribution in [0.5, 0.6) is 11.5 Å². The molecule has 0 aliphatic heterocycles. The van der Waals surface area contributed by atoms with E-state index in [-0.39, 0.29) is 11.5 Å². The van der Waals surface area contributed by atoms with Crippen molar-refractivity contribution in [2.24, 2.45) is 0 Å². The Bertz CT molecular complexity index is 423. The molecule has 0 unspecified atom stereocenters. The van der Waals surface area contributed by atoms with E-state index in [0.717, 1.165) is 0 Å². The molecule has 14 heavy (non-hydrogen) atoms. The minimum atomic E-state index is 0.129. The Hall–Kier alpha value is -1.88. The van der Waals surface area contributed by atoms with Crippen molar-refractivity contribution in [1.29, 1.82) is 0 Å². The fraction of sp³-hybridized carbons (Fsp3) is 0.167. The molecule has 72 valence electrons. The number of aromatic hydroxyl groups is 2. The van der Waals surface area contributed by atoms with E-state index in [1.165, 1.54) is 12.1 Å². The predicted molar refractivity (Wildman–Crippen MR) is 57.1 cm³/mol. The number of allylic oxidation sites excluding steroid dienone is 1. The van der Waals surface area contributed by atoms with E-state index < -0.39 is 0 Å². The molecule has 1 aromatic carbocycles. The summed E-state index contributed by atoms with van der Waals surface area (Å²) in [5.74, 6) is 2.65. The molecule has 2 nitrogen and oxygen atoms in total. The summed E-state index contributed by atoms with van der Waals surface area (Å²) < 4.78 is 0. The van der Waals surface area contributed by atoms with Gasteiger partial charge in [-0.15, -0.1) is 6.42 Å². The van der Waals surface area contributed by atoms with Crippen LogP contribution in [0.3, 0.4) is 0 Å². The summed E-state index contributed by atoms with van der Waals surface area (Å²) in [7, 11) is 0. The fourth-order valence-electron chi connectivity index (χ4n) is 1.31. The Morgan fingerprint density at radius 1 is 1.36 bits per heavy atom. The summed E-state index contributed by atoms with van der Waals surface area (Å²) in [5.41, 5.74) is 1.85. The molecule has 0 aliphatic carbocycles. The molecule has 0 aliphatic rings. The van der Waals surface area contributed by atoms with Crippen LogP contribution in [-0.2, 0) is 0 Å². The zero-order valence-corrected chi connectivity index (χ0v) is 8.20. The van der Waals surface area contributed by atoms with Crippen LogP contribution in [0, 0.1) is 26.2 Å².